The highest BCUT2D eigenvalue weighted by Gasteiger charge is 2.59. The van der Waals surface area contributed by atoms with Gasteiger partial charge in [-0.2, -0.15) is 0 Å². The molecule has 4 N–H and O–H groups in total. The zero-order valence-electron chi connectivity index (χ0n) is 17.4. The number of carboxylic acids is 1. The summed E-state index contributed by atoms with van der Waals surface area (Å²) in [6.45, 7) is 3.35. The standard InChI is InChI=1S/C20H25N3O8/c1-9-12(18(20(29)30)23-17(9)16(10(2)24)19(23)28)6-22(3)7-15(27)21-5-11-4-13(25)14(26)8-31-11/h4,8-10,16-17,24,26H,5-7H2,1-3H3,(H,21,27)(H,29,30)/t9?,10?,16?,17-/m1/s1. The van der Waals surface area contributed by atoms with Crippen molar-refractivity contribution in [3.8, 4) is 5.75 Å². The number of aliphatic hydroxyl groups is 1. The third kappa shape index (κ3) is 4.19. The first-order chi connectivity index (χ1) is 14.5. The van der Waals surface area contributed by atoms with E-state index in [0.717, 1.165) is 12.3 Å². The molecule has 2 aliphatic heterocycles. The van der Waals surface area contributed by atoms with Crippen molar-refractivity contribution >= 4 is 17.8 Å². The number of hydrogen-bond acceptors (Lipinski definition) is 8. The summed E-state index contributed by atoms with van der Waals surface area (Å²) in [5, 5.41) is 31.3. The Balaban J connectivity index is 1.63. The second kappa shape index (κ2) is 8.52. The van der Waals surface area contributed by atoms with E-state index in [1.807, 2.05) is 6.92 Å². The highest BCUT2D eigenvalue weighted by molar-refractivity contribution is 6.00. The molecule has 1 aromatic heterocycles. The van der Waals surface area contributed by atoms with Crippen LogP contribution in [0, 0.1) is 11.8 Å². The predicted molar refractivity (Wildman–Crippen MR) is 106 cm³/mol. The number of hydrogen-bond donors (Lipinski definition) is 4. The number of amides is 2. The number of β-lactam (4-membered cyclic amide) rings is 1. The van der Waals surface area contributed by atoms with Crippen molar-refractivity contribution in [3.63, 3.8) is 0 Å². The molecule has 168 valence electrons. The average Bonchev–Trinajstić information content (AvgIpc) is 2.91. The number of aliphatic hydroxyl groups excluding tert-OH is 1. The van der Waals surface area contributed by atoms with Crippen LogP contribution in [0.5, 0.6) is 5.75 Å². The van der Waals surface area contributed by atoms with Crippen molar-refractivity contribution in [2.75, 3.05) is 20.1 Å². The van der Waals surface area contributed by atoms with Gasteiger partial charge >= 0.3 is 5.97 Å². The van der Waals surface area contributed by atoms with Crippen molar-refractivity contribution in [2.24, 2.45) is 11.8 Å². The van der Waals surface area contributed by atoms with Crippen LogP contribution in [0.3, 0.4) is 0 Å². The van der Waals surface area contributed by atoms with Gasteiger partial charge in [-0.15, -0.1) is 0 Å². The van der Waals surface area contributed by atoms with Crippen molar-refractivity contribution in [2.45, 2.75) is 32.5 Å². The minimum absolute atomic E-state index is 0.0535. The summed E-state index contributed by atoms with van der Waals surface area (Å²) >= 11 is 0. The predicted octanol–water partition coefficient (Wildman–Crippen LogP) is -0.910. The number of likely N-dealkylation sites (N-methyl/N-ethyl adjacent to an activating group) is 1. The van der Waals surface area contributed by atoms with E-state index < -0.39 is 41.1 Å². The second-order valence-corrected chi connectivity index (χ2v) is 7.98. The molecule has 11 heteroatoms. The van der Waals surface area contributed by atoms with Crippen LogP contribution in [0.2, 0.25) is 0 Å². The third-order valence-corrected chi connectivity index (χ3v) is 5.70. The summed E-state index contributed by atoms with van der Waals surface area (Å²) in [4.78, 5) is 50.7. The normalized spacial score (nSPS) is 23.6. The summed E-state index contributed by atoms with van der Waals surface area (Å²) < 4.78 is 5.02. The molecule has 3 heterocycles. The molecule has 0 spiro atoms. The van der Waals surface area contributed by atoms with Crippen LogP contribution < -0.4 is 10.7 Å². The number of carbonyl (C=O) groups excluding carboxylic acids is 2. The summed E-state index contributed by atoms with van der Waals surface area (Å²) in [6.07, 6.45) is 0.0111. The molecule has 31 heavy (non-hydrogen) atoms. The van der Waals surface area contributed by atoms with Gasteiger partial charge in [0, 0.05) is 18.5 Å². The lowest BCUT2D eigenvalue weighted by molar-refractivity contribution is -0.163. The van der Waals surface area contributed by atoms with E-state index in [1.165, 1.54) is 11.8 Å². The van der Waals surface area contributed by atoms with Gasteiger partial charge in [-0.05, 0) is 19.5 Å². The van der Waals surface area contributed by atoms with Gasteiger partial charge in [-0.25, -0.2) is 4.79 Å². The van der Waals surface area contributed by atoms with Gasteiger partial charge in [0.05, 0.1) is 31.2 Å². The molecule has 3 rings (SSSR count). The molecular formula is C20H25N3O8. The average molecular weight is 435 g/mol. The van der Waals surface area contributed by atoms with Crippen LogP contribution in [0.25, 0.3) is 0 Å². The maximum absolute atomic E-state index is 12.4. The number of rotatable bonds is 8. The molecular weight excluding hydrogens is 410 g/mol. The van der Waals surface area contributed by atoms with Gasteiger partial charge in [0.1, 0.15) is 17.7 Å². The van der Waals surface area contributed by atoms with E-state index in [1.54, 1.807) is 11.9 Å². The van der Waals surface area contributed by atoms with E-state index in [2.05, 4.69) is 5.32 Å². The van der Waals surface area contributed by atoms with Gasteiger partial charge in [-0.1, -0.05) is 6.92 Å². The number of nitrogens with zero attached hydrogens (tertiary/aromatic N) is 2. The van der Waals surface area contributed by atoms with Gasteiger partial charge in [-0.3, -0.25) is 19.3 Å². The lowest BCUT2D eigenvalue weighted by Crippen LogP contribution is -2.63. The van der Waals surface area contributed by atoms with Crippen LogP contribution in [-0.4, -0.2) is 75.2 Å². The summed E-state index contributed by atoms with van der Waals surface area (Å²) in [7, 11) is 1.64. The largest absolute Gasteiger partial charge is 0.502 e. The van der Waals surface area contributed by atoms with Gasteiger partial charge < -0.3 is 30.0 Å². The van der Waals surface area contributed by atoms with Crippen LogP contribution in [0.1, 0.15) is 19.6 Å². The molecule has 0 aromatic carbocycles. The fourth-order valence-corrected chi connectivity index (χ4v) is 4.22. The lowest BCUT2D eigenvalue weighted by atomic mass is 9.77. The maximum Gasteiger partial charge on any atom is 0.352 e. The monoisotopic (exact) mass is 435 g/mol. The summed E-state index contributed by atoms with van der Waals surface area (Å²) in [5.41, 5.74) is -0.183. The van der Waals surface area contributed by atoms with Crippen molar-refractivity contribution in [1.82, 2.24) is 15.1 Å². The molecule has 0 bridgehead atoms. The van der Waals surface area contributed by atoms with Crippen LogP contribution >= 0.6 is 0 Å². The van der Waals surface area contributed by atoms with E-state index in [0.29, 0.717) is 5.57 Å². The van der Waals surface area contributed by atoms with Crippen molar-refractivity contribution in [3.05, 3.63) is 39.6 Å². The maximum atomic E-state index is 12.4. The third-order valence-electron chi connectivity index (χ3n) is 5.70. The highest BCUT2D eigenvalue weighted by Crippen LogP contribution is 2.47. The van der Waals surface area contributed by atoms with Gasteiger partial charge in [0.2, 0.25) is 17.2 Å². The van der Waals surface area contributed by atoms with Gasteiger partial charge in [0.15, 0.2) is 5.75 Å². The molecule has 0 aliphatic carbocycles. The Labute approximate surface area is 177 Å². The molecule has 0 radical (unpaired) electrons. The van der Waals surface area contributed by atoms with E-state index in [9.17, 15) is 34.5 Å². The molecule has 2 amide bonds. The number of fused-ring (bicyclic) bond motifs is 1. The number of aromatic hydroxyl groups is 1. The fraction of sp³-hybridized carbons (Fsp3) is 0.500. The quantitative estimate of drug-likeness (QED) is 0.379. The zero-order chi connectivity index (χ0) is 23.0. The number of carbonyl (C=O) groups is 3. The molecule has 1 aromatic rings. The van der Waals surface area contributed by atoms with E-state index >= 15 is 0 Å². The van der Waals surface area contributed by atoms with E-state index in [-0.39, 0.29) is 42.9 Å². The Morgan fingerprint density at radius 1 is 1.35 bits per heavy atom. The molecule has 11 nitrogen and oxygen atoms in total. The smallest absolute Gasteiger partial charge is 0.352 e. The molecule has 2 aliphatic rings. The second-order valence-electron chi connectivity index (χ2n) is 7.98. The molecule has 4 atom stereocenters. The van der Waals surface area contributed by atoms with Crippen LogP contribution in [0.4, 0.5) is 0 Å². The summed E-state index contributed by atoms with van der Waals surface area (Å²) in [6, 6.07) is 0.664. The highest BCUT2D eigenvalue weighted by atomic mass is 16.4. The van der Waals surface area contributed by atoms with Crippen molar-refractivity contribution < 1.29 is 34.1 Å². The first-order valence-corrected chi connectivity index (χ1v) is 9.76. The first kappa shape index (κ1) is 22.5. The Hall–Kier alpha value is -3.18. The SMILES string of the molecule is CC(O)C1C(=O)N2C(C(=O)O)=C(CN(C)CC(=O)NCc3cc(=O)c(O)co3)C(C)[C@H]12. The Bertz CT molecular complexity index is 998. The van der Waals surface area contributed by atoms with E-state index in [4.69, 9.17) is 4.42 Å². The Morgan fingerprint density at radius 3 is 2.61 bits per heavy atom. The minimum Gasteiger partial charge on any atom is -0.502 e. The number of aliphatic carboxylic acids is 1. The number of carboxylic acid groups (broad SMARTS) is 1. The first-order valence-electron chi connectivity index (χ1n) is 9.76. The summed E-state index contributed by atoms with van der Waals surface area (Å²) in [5.74, 6) is -3.29. The Morgan fingerprint density at radius 2 is 2.03 bits per heavy atom. The number of nitrogens with one attached hydrogen (secondary N) is 1. The lowest BCUT2D eigenvalue weighted by Gasteiger charge is -2.46. The van der Waals surface area contributed by atoms with Crippen molar-refractivity contribution in [1.29, 1.82) is 0 Å². The molecule has 3 unspecified atom stereocenters. The topological polar surface area (TPSA) is 161 Å². The molecule has 0 saturated carbocycles. The Kier molecular flexibility index (Phi) is 6.18. The van der Waals surface area contributed by atoms with Crippen LogP contribution in [0.15, 0.2) is 32.8 Å². The van der Waals surface area contributed by atoms with Crippen LogP contribution in [-0.2, 0) is 20.9 Å². The minimum atomic E-state index is -1.22. The fourth-order valence-electron chi connectivity index (χ4n) is 4.22. The van der Waals surface area contributed by atoms with Gasteiger partial charge in [0.25, 0.3) is 0 Å². The zero-order valence-corrected chi connectivity index (χ0v) is 17.4. The molecule has 1 saturated heterocycles. The molecule has 1 fully saturated rings.